The second-order valence-electron chi connectivity index (χ2n) is 10.9. The number of likely N-dealkylation sites (tertiary alicyclic amines) is 2. The van der Waals surface area contributed by atoms with Gasteiger partial charge < -0.3 is 19.6 Å². The van der Waals surface area contributed by atoms with Gasteiger partial charge >= 0.3 is 5.97 Å². The van der Waals surface area contributed by atoms with E-state index in [2.05, 4.69) is 4.90 Å². The van der Waals surface area contributed by atoms with Gasteiger partial charge in [-0.05, 0) is 92.4 Å². The molecule has 0 spiro atoms. The standard InChI is InChI=1S/C29H32Cl2F2N2O4/c30-20-9-18(10-21(31)11-20)5-8-34-6-3-17(4-7-34)16-39-27-14-25(33)24(13-23(27)19-1-2-19)28(36)35-15-22(32)12-26(35)29(37)38/h9-11,13-14,17,19,22,26H,1-8,12,15-16H2,(H,37,38). The maximum atomic E-state index is 15.1. The van der Waals surface area contributed by atoms with Crippen LogP contribution in [0.5, 0.6) is 5.75 Å². The lowest BCUT2D eigenvalue weighted by atomic mass is 9.97. The van der Waals surface area contributed by atoms with E-state index in [0.717, 1.165) is 67.8 Å². The van der Waals surface area contributed by atoms with Crippen LogP contribution in [0, 0.1) is 11.7 Å². The zero-order valence-electron chi connectivity index (χ0n) is 21.6. The van der Waals surface area contributed by atoms with Gasteiger partial charge in [0.05, 0.1) is 18.7 Å². The lowest BCUT2D eigenvalue weighted by Gasteiger charge is -2.32. The van der Waals surface area contributed by atoms with Crippen LogP contribution < -0.4 is 4.74 Å². The SMILES string of the molecule is O=C(O)C1CC(F)CN1C(=O)c1cc(C2CC2)c(OCC2CCN(CCc3cc(Cl)cc(Cl)c3)CC2)cc1F. The Morgan fingerprint density at radius 1 is 1.03 bits per heavy atom. The molecule has 1 saturated carbocycles. The average molecular weight is 581 g/mol. The number of aliphatic carboxylic acids is 1. The summed E-state index contributed by atoms with van der Waals surface area (Å²) in [5.74, 6) is -1.90. The van der Waals surface area contributed by atoms with Crippen molar-refractivity contribution in [3.05, 3.63) is 62.9 Å². The second kappa shape index (κ2) is 12.0. The van der Waals surface area contributed by atoms with Crippen LogP contribution in [0.4, 0.5) is 8.78 Å². The number of carboxylic acids is 1. The molecule has 2 aromatic carbocycles. The summed E-state index contributed by atoms with van der Waals surface area (Å²) in [6, 6.07) is 7.05. The number of hydrogen-bond acceptors (Lipinski definition) is 4. The van der Waals surface area contributed by atoms with E-state index in [4.69, 9.17) is 27.9 Å². The van der Waals surface area contributed by atoms with E-state index in [9.17, 15) is 19.1 Å². The van der Waals surface area contributed by atoms with E-state index in [-0.39, 0.29) is 24.4 Å². The van der Waals surface area contributed by atoms with Crippen molar-refractivity contribution in [1.29, 1.82) is 0 Å². The van der Waals surface area contributed by atoms with Crippen LogP contribution in [0.15, 0.2) is 30.3 Å². The van der Waals surface area contributed by atoms with Crippen molar-refractivity contribution in [3.63, 3.8) is 0 Å². The van der Waals surface area contributed by atoms with Crippen molar-refractivity contribution in [2.75, 3.05) is 32.8 Å². The third-order valence-electron chi connectivity index (χ3n) is 7.96. The molecule has 5 rings (SSSR count). The summed E-state index contributed by atoms with van der Waals surface area (Å²) < 4.78 is 35.2. The maximum absolute atomic E-state index is 15.1. The minimum Gasteiger partial charge on any atom is -0.493 e. The predicted octanol–water partition coefficient (Wildman–Crippen LogP) is 5.98. The molecule has 6 nitrogen and oxygen atoms in total. The summed E-state index contributed by atoms with van der Waals surface area (Å²) in [7, 11) is 0. The molecule has 2 aromatic rings. The average Bonchev–Trinajstić information content (AvgIpc) is 3.66. The molecule has 39 heavy (non-hydrogen) atoms. The second-order valence-corrected chi connectivity index (χ2v) is 11.8. The third kappa shape index (κ3) is 6.84. The molecule has 1 amide bonds. The van der Waals surface area contributed by atoms with Gasteiger partial charge in [-0.25, -0.2) is 13.6 Å². The molecule has 3 aliphatic rings. The number of nitrogens with zero attached hydrogens (tertiary/aromatic N) is 2. The molecule has 2 aliphatic heterocycles. The number of carbonyl (C=O) groups excluding carboxylic acids is 1. The zero-order chi connectivity index (χ0) is 27.7. The number of benzene rings is 2. The molecule has 3 fully saturated rings. The highest BCUT2D eigenvalue weighted by atomic mass is 35.5. The predicted molar refractivity (Wildman–Crippen MR) is 145 cm³/mol. The Hall–Kier alpha value is -2.42. The fourth-order valence-corrected chi connectivity index (χ4v) is 6.17. The van der Waals surface area contributed by atoms with E-state index in [0.29, 0.717) is 28.3 Å². The summed E-state index contributed by atoms with van der Waals surface area (Å²) >= 11 is 12.2. The van der Waals surface area contributed by atoms with Gasteiger partial charge in [-0.3, -0.25) is 4.79 Å². The smallest absolute Gasteiger partial charge is 0.326 e. The fraction of sp³-hybridized carbons (Fsp3) is 0.517. The normalized spacial score (nSPS) is 22.3. The van der Waals surface area contributed by atoms with Gasteiger partial charge in [-0.1, -0.05) is 23.2 Å². The van der Waals surface area contributed by atoms with Crippen molar-refractivity contribution in [1.82, 2.24) is 9.80 Å². The van der Waals surface area contributed by atoms with E-state index in [1.54, 1.807) is 6.07 Å². The molecule has 0 bridgehead atoms. The molecular formula is C29H32Cl2F2N2O4. The van der Waals surface area contributed by atoms with Gasteiger partial charge in [0.2, 0.25) is 0 Å². The largest absolute Gasteiger partial charge is 0.493 e. The van der Waals surface area contributed by atoms with Gasteiger partial charge in [-0.15, -0.1) is 0 Å². The molecule has 2 heterocycles. The van der Waals surface area contributed by atoms with E-state index < -0.39 is 29.9 Å². The van der Waals surface area contributed by atoms with E-state index >= 15 is 4.39 Å². The van der Waals surface area contributed by atoms with Gasteiger partial charge in [0.1, 0.15) is 23.8 Å². The molecule has 1 N–H and O–H groups in total. The first-order valence-electron chi connectivity index (χ1n) is 13.5. The van der Waals surface area contributed by atoms with Crippen LogP contribution in [0.3, 0.4) is 0 Å². The number of hydrogen-bond donors (Lipinski definition) is 1. The van der Waals surface area contributed by atoms with E-state index in [1.807, 2.05) is 12.1 Å². The lowest BCUT2D eigenvalue weighted by molar-refractivity contribution is -0.141. The monoisotopic (exact) mass is 580 g/mol. The third-order valence-corrected chi connectivity index (χ3v) is 8.40. The summed E-state index contributed by atoms with van der Waals surface area (Å²) in [4.78, 5) is 27.9. The first kappa shape index (κ1) is 28.1. The highest BCUT2D eigenvalue weighted by molar-refractivity contribution is 6.34. The van der Waals surface area contributed by atoms with Crippen molar-refractivity contribution in [2.45, 2.75) is 56.7 Å². The summed E-state index contributed by atoms with van der Waals surface area (Å²) in [5.41, 5.74) is 1.65. The summed E-state index contributed by atoms with van der Waals surface area (Å²) in [5, 5.41) is 10.7. The topological polar surface area (TPSA) is 70.1 Å². The van der Waals surface area contributed by atoms with Crippen molar-refractivity contribution < 1.29 is 28.2 Å². The first-order chi connectivity index (χ1) is 18.7. The minimum absolute atomic E-state index is 0.178. The first-order valence-corrected chi connectivity index (χ1v) is 14.2. The van der Waals surface area contributed by atoms with Crippen LogP contribution in [0.1, 0.15) is 59.5 Å². The number of carbonyl (C=O) groups is 2. The van der Waals surface area contributed by atoms with Gasteiger partial charge in [0.25, 0.3) is 5.91 Å². The molecule has 2 atom stereocenters. The van der Waals surface area contributed by atoms with Crippen LogP contribution in [-0.4, -0.2) is 71.8 Å². The number of halogens is 4. The number of alkyl halides is 1. The molecule has 2 saturated heterocycles. The quantitative estimate of drug-likeness (QED) is 0.395. The summed E-state index contributed by atoms with van der Waals surface area (Å²) in [6.45, 7) is 2.91. The van der Waals surface area contributed by atoms with Gasteiger partial charge in [0.15, 0.2) is 0 Å². The van der Waals surface area contributed by atoms with Crippen molar-refractivity contribution in [3.8, 4) is 5.75 Å². The number of amides is 1. The molecule has 1 aliphatic carbocycles. The Morgan fingerprint density at radius 3 is 2.36 bits per heavy atom. The van der Waals surface area contributed by atoms with Gasteiger partial charge in [-0.2, -0.15) is 0 Å². The summed E-state index contributed by atoms with van der Waals surface area (Å²) in [6.07, 6.45) is 2.90. The van der Waals surface area contributed by atoms with Crippen LogP contribution in [-0.2, 0) is 11.2 Å². The molecule has 10 heteroatoms. The Balaban J connectivity index is 1.18. The van der Waals surface area contributed by atoms with E-state index in [1.165, 1.54) is 12.1 Å². The fourth-order valence-electron chi connectivity index (χ4n) is 5.60. The Kier molecular flexibility index (Phi) is 8.64. The number of rotatable bonds is 9. The highest BCUT2D eigenvalue weighted by Gasteiger charge is 2.41. The lowest BCUT2D eigenvalue weighted by Crippen LogP contribution is -2.41. The van der Waals surface area contributed by atoms with Crippen LogP contribution in [0.25, 0.3) is 0 Å². The highest BCUT2D eigenvalue weighted by Crippen LogP contribution is 2.45. The maximum Gasteiger partial charge on any atom is 0.326 e. The van der Waals surface area contributed by atoms with Gasteiger partial charge in [0, 0.05) is 29.1 Å². The number of ether oxygens (including phenoxy) is 1. The Bertz CT molecular complexity index is 1210. The van der Waals surface area contributed by atoms with Crippen LogP contribution in [0.2, 0.25) is 10.0 Å². The minimum atomic E-state index is -1.44. The van der Waals surface area contributed by atoms with Crippen LogP contribution >= 0.6 is 23.2 Å². The number of carboxylic acid groups (broad SMARTS) is 1. The molecule has 2 unspecified atom stereocenters. The number of piperidine rings is 1. The molecule has 0 aromatic heterocycles. The van der Waals surface area contributed by atoms with Crippen molar-refractivity contribution >= 4 is 35.1 Å². The Labute approximate surface area is 236 Å². The zero-order valence-corrected chi connectivity index (χ0v) is 23.1. The molecule has 0 radical (unpaired) electrons. The Morgan fingerprint density at radius 2 is 1.72 bits per heavy atom. The molecule has 210 valence electrons. The van der Waals surface area contributed by atoms with Crippen molar-refractivity contribution in [2.24, 2.45) is 5.92 Å². The molecular weight excluding hydrogens is 549 g/mol.